The molecule has 0 atom stereocenters. The molecule has 1 heterocycles. The molecular weight excluding hydrogens is 390 g/mol. The standard InChI is InChI=1S/C23H16F2N2O3/c1-13-12-26-20-8-6-14(10-18(13)20)15-7-9-21(19(24)11-15)27(25)22(28)16-4-2-3-5-17(16)23(29)30/h2-12,26H,1H3,(H,29,30). The number of nitrogens with zero attached hydrogens (tertiary/aromatic N) is 1. The largest absolute Gasteiger partial charge is 0.478 e. The molecule has 0 aliphatic heterocycles. The normalized spacial score (nSPS) is 10.9. The number of halogens is 2. The second kappa shape index (κ2) is 7.44. The van der Waals surface area contributed by atoms with Gasteiger partial charge in [-0.15, -0.1) is 5.12 Å². The summed E-state index contributed by atoms with van der Waals surface area (Å²) in [5, 5.41) is 9.81. The molecule has 0 radical (unpaired) electrons. The molecule has 0 saturated heterocycles. The number of amides is 1. The van der Waals surface area contributed by atoms with Gasteiger partial charge in [0.2, 0.25) is 0 Å². The minimum absolute atomic E-state index is 0.364. The van der Waals surface area contributed by atoms with Crippen molar-refractivity contribution in [2.24, 2.45) is 0 Å². The zero-order valence-electron chi connectivity index (χ0n) is 15.8. The van der Waals surface area contributed by atoms with Crippen LogP contribution in [0.5, 0.6) is 0 Å². The Morgan fingerprint density at radius 1 is 0.967 bits per heavy atom. The van der Waals surface area contributed by atoms with Crippen LogP contribution < -0.4 is 5.12 Å². The highest BCUT2D eigenvalue weighted by molar-refractivity contribution is 6.11. The fraction of sp³-hybridized carbons (Fsp3) is 0.0435. The predicted octanol–water partition coefficient (Wildman–Crippen LogP) is 5.51. The Bertz CT molecular complexity index is 1300. The van der Waals surface area contributed by atoms with Crippen molar-refractivity contribution in [3.05, 3.63) is 89.4 Å². The van der Waals surface area contributed by atoms with Crippen molar-refractivity contribution in [3.63, 3.8) is 0 Å². The number of carbonyl (C=O) groups excluding carboxylic acids is 1. The maximum atomic E-state index is 14.7. The number of hydrogen-bond acceptors (Lipinski definition) is 2. The van der Waals surface area contributed by atoms with Crippen LogP contribution in [-0.4, -0.2) is 22.0 Å². The molecule has 2 N–H and O–H groups in total. The van der Waals surface area contributed by atoms with Gasteiger partial charge >= 0.3 is 5.97 Å². The van der Waals surface area contributed by atoms with Gasteiger partial charge in [-0.3, -0.25) is 4.79 Å². The predicted molar refractivity (Wildman–Crippen MR) is 110 cm³/mol. The molecule has 0 aliphatic rings. The van der Waals surface area contributed by atoms with E-state index in [9.17, 15) is 23.6 Å². The van der Waals surface area contributed by atoms with E-state index in [4.69, 9.17) is 0 Å². The minimum Gasteiger partial charge on any atom is -0.478 e. The summed E-state index contributed by atoms with van der Waals surface area (Å²) in [6.45, 7) is 1.95. The average molecular weight is 406 g/mol. The number of aryl methyl sites for hydroxylation is 1. The van der Waals surface area contributed by atoms with Crippen LogP contribution in [0.1, 0.15) is 26.3 Å². The van der Waals surface area contributed by atoms with Crippen LogP contribution in [0.2, 0.25) is 0 Å². The van der Waals surface area contributed by atoms with Gasteiger partial charge in [-0.05, 0) is 60.0 Å². The lowest BCUT2D eigenvalue weighted by molar-refractivity contribution is 0.0690. The second-order valence-corrected chi connectivity index (χ2v) is 6.83. The summed E-state index contributed by atoms with van der Waals surface area (Å²) in [4.78, 5) is 26.9. The molecule has 30 heavy (non-hydrogen) atoms. The van der Waals surface area contributed by atoms with Gasteiger partial charge in [0.15, 0.2) is 0 Å². The Labute approximate surface area is 170 Å². The molecule has 150 valence electrons. The SMILES string of the molecule is Cc1c[nH]c2ccc(-c3ccc(N(F)C(=O)c4ccccc4C(=O)O)c(F)c3)cc12. The number of aromatic carboxylic acids is 1. The molecule has 7 heteroatoms. The highest BCUT2D eigenvalue weighted by Gasteiger charge is 2.25. The molecule has 4 aromatic rings. The molecule has 0 spiro atoms. The maximum Gasteiger partial charge on any atom is 0.336 e. The molecule has 1 aromatic heterocycles. The van der Waals surface area contributed by atoms with Crippen molar-refractivity contribution < 1.29 is 23.6 Å². The number of H-pyrrole nitrogens is 1. The van der Waals surface area contributed by atoms with Crippen molar-refractivity contribution in [1.82, 2.24) is 4.98 Å². The van der Waals surface area contributed by atoms with E-state index in [1.807, 2.05) is 31.3 Å². The van der Waals surface area contributed by atoms with E-state index in [0.717, 1.165) is 34.2 Å². The van der Waals surface area contributed by atoms with Crippen LogP contribution in [0.4, 0.5) is 14.6 Å². The van der Waals surface area contributed by atoms with Gasteiger partial charge in [0, 0.05) is 17.1 Å². The molecule has 1 amide bonds. The van der Waals surface area contributed by atoms with Gasteiger partial charge < -0.3 is 10.1 Å². The third kappa shape index (κ3) is 3.30. The van der Waals surface area contributed by atoms with E-state index in [-0.39, 0.29) is 16.2 Å². The van der Waals surface area contributed by atoms with Crippen LogP contribution in [0.3, 0.4) is 0 Å². The van der Waals surface area contributed by atoms with Crippen LogP contribution in [0, 0.1) is 12.7 Å². The number of fused-ring (bicyclic) bond motifs is 1. The Morgan fingerprint density at radius 2 is 1.63 bits per heavy atom. The number of aromatic amines is 1. The van der Waals surface area contributed by atoms with E-state index in [1.54, 1.807) is 0 Å². The fourth-order valence-corrected chi connectivity index (χ4v) is 3.36. The number of rotatable bonds is 4. The topological polar surface area (TPSA) is 73.4 Å². The summed E-state index contributed by atoms with van der Waals surface area (Å²) in [5.74, 6) is -3.58. The molecule has 0 fully saturated rings. The molecular formula is C23H16F2N2O3. The third-order valence-electron chi connectivity index (χ3n) is 4.95. The lowest BCUT2D eigenvalue weighted by Crippen LogP contribution is -2.25. The number of nitrogens with one attached hydrogen (secondary N) is 1. The Kier molecular flexibility index (Phi) is 4.79. The molecule has 0 aliphatic carbocycles. The summed E-state index contributed by atoms with van der Waals surface area (Å²) in [5.41, 5.74) is 1.92. The van der Waals surface area contributed by atoms with Crippen molar-refractivity contribution in [3.8, 4) is 11.1 Å². The Balaban J connectivity index is 1.68. The van der Waals surface area contributed by atoms with E-state index < -0.39 is 23.4 Å². The molecule has 3 aromatic carbocycles. The molecule has 0 unspecified atom stereocenters. The molecule has 0 saturated carbocycles. The first-order chi connectivity index (χ1) is 14.4. The zero-order chi connectivity index (χ0) is 21.4. The summed E-state index contributed by atoms with van der Waals surface area (Å²) in [6, 6.07) is 14.6. The van der Waals surface area contributed by atoms with Crippen molar-refractivity contribution in [1.29, 1.82) is 0 Å². The molecule has 0 bridgehead atoms. The first kappa shape index (κ1) is 19.3. The second-order valence-electron chi connectivity index (χ2n) is 6.83. The van der Waals surface area contributed by atoms with Crippen molar-refractivity contribution in [2.75, 3.05) is 5.12 Å². The fourth-order valence-electron chi connectivity index (χ4n) is 3.36. The van der Waals surface area contributed by atoms with Crippen LogP contribution in [0.25, 0.3) is 22.0 Å². The van der Waals surface area contributed by atoms with Crippen molar-refractivity contribution >= 4 is 28.5 Å². The Hall–Kier alpha value is -4.00. The highest BCUT2D eigenvalue weighted by atomic mass is 19.2. The molecule has 5 nitrogen and oxygen atoms in total. The number of benzene rings is 3. The maximum absolute atomic E-state index is 14.7. The summed E-state index contributed by atoms with van der Waals surface area (Å²) < 4.78 is 29.4. The third-order valence-corrected chi connectivity index (χ3v) is 4.95. The number of anilines is 1. The van der Waals surface area contributed by atoms with Gasteiger partial charge in [-0.2, -0.15) is 0 Å². The molecule has 4 rings (SSSR count). The highest BCUT2D eigenvalue weighted by Crippen LogP contribution is 2.30. The van der Waals surface area contributed by atoms with E-state index in [1.165, 1.54) is 30.3 Å². The first-order valence-corrected chi connectivity index (χ1v) is 9.07. The van der Waals surface area contributed by atoms with Crippen LogP contribution in [-0.2, 0) is 0 Å². The van der Waals surface area contributed by atoms with Crippen LogP contribution >= 0.6 is 0 Å². The summed E-state index contributed by atoms with van der Waals surface area (Å²) in [7, 11) is 0. The van der Waals surface area contributed by atoms with Crippen LogP contribution in [0.15, 0.2) is 66.9 Å². The summed E-state index contributed by atoms with van der Waals surface area (Å²) >= 11 is 0. The number of carbonyl (C=O) groups is 2. The van der Waals surface area contributed by atoms with E-state index in [2.05, 4.69) is 4.98 Å². The van der Waals surface area contributed by atoms with E-state index >= 15 is 0 Å². The number of hydrogen-bond donors (Lipinski definition) is 2. The smallest absolute Gasteiger partial charge is 0.336 e. The van der Waals surface area contributed by atoms with Gasteiger partial charge in [0.1, 0.15) is 11.5 Å². The van der Waals surface area contributed by atoms with Gasteiger partial charge in [0.05, 0.1) is 11.1 Å². The van der Waals surface area contributed by atoms with Gasteiger partial charge in [-0.25, -0.2) is 9.18 Å². The number of aromatic nitrogens is 1. The lowest BCUT2D eigenvalue weighted by Gasteiger charge is -2.15. The summed E-state index contributed by atoms with van der Waals surface area (Å²) in [6.07, 6.45) is 1.87. The minimum atomic E-state index is -1.38. The van der Waals surface area contributed by atoms with Crippen molar-refractivity contribution in [2.45, 2.75) is 6.92 Å². The average Bonchev–Trinajstić information content (AvgIpc) is 3.12. The van der Waals surface area contributed by atoms with Gasteiger partial charge in [-0.1, -0.05) is 28.7 Å². The number of carboxylic acids is 1. The quantitative estimate of drug-likeness (QED) is 0.439. The lowest BCUT2D eigenvalue weighted by atomic mass is 10.0. The number of carboxylic acid groups (broad SMARTS) is 1. The first-order valence-electron chi connectivity index (χ1n) is 9.07. The van der Waals surface area contributed by atoms with Gasteiger partial charge in [0.25, 0.3) is 5.91 Å². The Morgan fingerprint density at radius 3 is 2.33 bits per heavy atom. The van der Waals surface area contributed by atoms with E-state index in [0.29, 0.717) is 5.56 Å². The zero-order valence-corrected chi connectivity index (χ0v) is 15.8. The monoisotopic (exact) mass is 406 g/mol.